The highest BCUT2D eigenvalue weighted by Gasteiger charge is 2.38. The molecule has 0 unspecified atom stereocenters. The van der Waals surface area contributed by atoms with Gasteiger partial charge in [0.25, 0.3) is 0 Å². The number of nitrogens with zero attached hydrogens (tertiary/aromatic N) is 3. The Kier molecular flexibility index (Phi) is 6.00. The molecule has 1 aliphatic carbocycles. The van der Waals surface area contributed by atoms with Crippen LogP contribution in [-0.4, -0.2) is 39.9 Å². The van der Waals surface area contributed by atoms with Crippen molar-refractivity contribution in [1.82, 2.24) is 9.99 Å². The molecular weight excluding hydrogens is 402 g/mol. The molecule has 1 aromatic carbocycles. The molecule has 164 valence electrons. The Labute approximate surface area is 181 Å². The Bertz CT molecular complexity index is 938. The molecule has 3 rings (SSSR count). The van der Waals surface area contributed by atoms with Crippen LogP contribution in [0.15, 0.2) is 18.2 Å². The number of benzene rings is 1. The number of carbonyl (C=O) groups excluding carboxylic acids is 2. The van der Waals surface area contributed by atoms with Crippen molar-refractivity contribution in [2.75, 3.05) is 11.6 Å². The fourth-order valence-electron chi connectivity index (χ4n) is 2.91. The molecule has 0 aliphatic heterocycles. The lowest BCUT2D eigenvalue weighted by molar-refractivity contribution is 0.0123. The van der Waals surface area contributed by atoms with Gasteiger partial charge in [-0.2, -0.15) is 5.01 Å². The van der Waals surface area contributed by atoms with E-state index in [1.165, 1.54) is 10.0 Å². The lowest BCUT2D eigenvalue weighted by Crippen LogP contribution is -2.53. The summed E-state index contributed by atoms with van der Waals surface area (Å²) >= 11 is 1.54. The Morgan fingerprint density at radius 3 is 2.23 bits per heavy atom. The van der Waals surface area contributed by atoms with Gasteiger partial charge in [-0.25, -0.2) is 19.6 Å². The van der Waals surface area contributed by atoms with Crippen molar-refractivity contribution < 1.29 is 19.1 Å². The number of hydrazine groups is 1. The molecule has 0 atom stereocenters. The minimum Gasteiger partial charge on any atom is -0.442 e. The zero-order valence-electron chi connectivity index (χ0n) is 18.8. The van der Waals surface area contributed by atoms with E-state index in [0.717, 1.165) is 28.1 Å². The number of aromatic nitrogens is 1. The SMILES string of the molecule is Cc1nc2ccc(N(C(=O)OC(C)(C)C)N(CC3CC3)C(=O)OC(C)(C)C)cc2s1. The van der Waals surface area contributed by atoms with Gasteiger partial charge in [-0.15, -0.1) is 11.3 Å². The van der Waals surface area contributed by atoms with Crippen LogP contribution in [0.2, 0.25) is 0 Å². The van der Waals surface area contributed by atoms with Crippen LogP contribution < -0.4 is 5.01 Å². The summed E-state index contributed by atoms with van der Waals surface area (Å²) in [7, 11) is 0. The number of carbonyl (C=O) groups is 2. The molecule has 2 aromatic rings. The third-order valence-corrected chi connectivity index (χ3v) is 5.20. The number of ether oxygens (including phenoxy) is 2. The third-order valence-electron chi connectivity index (χ3n) is 4.26. The number of hydrogen-bond acceptors (Lipinski definition) is 6. The lowest BCUT2D eigenvalue weighted by Gasteiger charge is -2.36. The highest BCUT2D eigenvalue weighted by molar-refractivity contribution is 7.18. The zero-order valence-corrected chi connectivity index (χ0v) is 19.6. The molecule has 1 aliphatic rings. The van der Waals surface area contributed by atoms with E-state index in [1.807, 2.05) is 39.8 Å². The molecule has 0 saturated heterocycles. The first-order valence-electron chi connectivity index (χ1n) is 10.2. The number of aryl methyl sites for hydroxylation is 1. The smallest absolute Gasteiger partial charge is 0.434 e. The van der Waals surface area contributed by atoms with Gasteiger partial charge < -0.3 is 9.47 Å². The van der Waals surface area contributed by atoms with Gasteiger partial charge in [0, 0.05) is 6.54 Å². The van der Waals surface area contributed by atoms with Crippen molar-refractivity contribution in [2.45, 2.75) is 72.5 Å². The number of hydrogen-bond donors (Lipinski definition) is 0. The van der Waals surface area contributed by atoms with E-state index >= 15 is 0 Å². The number of amides is 2. The predicted octanol–water partition coefficient (Wildman–Crippen LogP) is 5.91. The van der Waals surface area contributed by atoms with Gasteiger partial charge in [-0.1, -0.05) is 0 Å². The van der Waals surface area contributed by atoms with E-state index in [0.29, 0.717) is 18.2 Å². The largest absolute Gasteiger partial charge is 0.442 e. The van der Waals surface area contributed by atoms with Crippen LogP contribution in [0.1, 0.15) is 59.4 Å². The Balaban J connectivity index is 2.03. The van der Waals surface area contributed by atoms with E-state index < -0.39 is 23.4 Å². The average molecular weight is 434 g/mol. The summed E-state index contributed by atoms with van der Waals surface area (Å²) in [6, 6.07) is 5.51. The van der Waals surface area contributed by atoms with Crippen molar-refractivity contribution in [2.24, 2.45) is 5.92 Å². The quantitative estimate of drug-likeness (QED) is 0.563. The summed E-state index contributed by atoms with van der Waals surface area (Å²) in [5.74, 6) is 0.344. The summed E-state index contributed by atoms with van der Waals surface area (Å²) in [6.07, 6.45) is 0.860. The van der Waals surface area contributed by atoms with Crippen molar-refractivity contribution >= 4 is 39.4 Å². The summed E-state index contributed by atoms with van der Waals surface area (Å²) in [4.78, 5) is 30.9. The second kappa shape index (κ2) is 8.06. The Morgan fingerprint density at radius 1 is 1.07 bits per heavy atom. The molecule has 0 radical (unpaired) electrons. The van der Waals surface area contributed by atoms with Crippen LogP contribution >= 0.6 is 11.3 Å². The van der Waals surface area contributed by atoms with Gasteiger partial charge in [-0.05, 0) is 85.4 Å². The van der Waals surface area contributed by atoms with Crippen molar-refractivity contribution in [1.29, 1.82) is 0 Å². The van der Waals surface area contributed by atoms with Crippen LogP contribution in [0.4, 0.5) is 15.3 Å². The van der Waals surface area contributed by atoms with Gasteiger partial charge in [0.2, 0.25) is 0 Å². The minimum atomic E-state index is -0.709. The summed E-state index contributed by atoms with van der Waals surface area (Å²) in [5, 5.41) is 3.63. The summed E-state index contributed by atoms with van der Waals surface area (Å²) in [5.41, 5.74) is 0.0139. The zero-order chi connectivity index (χ0) is 22.3. The monoisotopic (exact) mass is 433 g/mol. The first-order valence-corrected chi connectivity index (χ1v) is 11.0. The van der Waals surface area contributed by atoms with Crippen LogP contribution in [0.5, 0.6) is 0 Å². The maximum Gasteiger partial charge on any atom is 0.434 e. The first-order chi connectivity index (χ1) is 13.8. The van der Waals surface area contributed by atoms with Crippen LogP contribution in [0.3, 0.4) is 0 Å². The van der Waals surface area contributed by atoms with Crippen molar-refractivity contribution in [3.63, 3.8) is 0 Å². The van der Waals surface area contributed by atoms with Gasteiger partial charge in [0.15, 0.2) is 0 Å². The summed E-state index contributed by atoms with van der Waals surface area (Å²) < 4.78 is 12.2. The second-order valence-electron chi connectivity index (χ2n) is 9.68. The van der Waals surface area contributed by atoms with E-state index in [9.17, 15) is 9.59 Å². The van der Waals surface area contributed by atoms with Gasteiger partial charge in [0.05, 0.1) is 20.9 Å². The maximum absolute atomic E-state index is 13.3. The normalized spacial score (nSPS) is 14.5. The first kappa shape index (κ1) is 22.3. The standard InChI is InChI=1S/C22H31N3O4S/c1-14-23-17-11-10-16(12-18(17)30-14)25(20(27)29-22(5,6)7)24(13-15-8-9-15)19(26)28-21(2,3)4/h10-12,15H,8-9,13H2,1-7H3. The molecule has 8 heteroatoms. The number of thiazole rings is 1. The van der Waals surface area contributed by atoms with Gasteiger partial charge in [-0.3, -0.25) is 0 Å². The molecule has 2 amide bonds. The molecule has 1 fully saturated rings. The molecule has 1 aromatic heterocycles. The highest BCUT2D eigenvalue weighted by Crippen LogP contribution is 2.34. The van der Waals surface area contributed by atoms with Crippen LogP contribution in [0, 0.1) is 12.8 Å². The lowest BCUT2D eigenvalue weighted by atomic mass is 10.2. The second-order valence-corrected chi connectivity index (χ2v) is 10.9. The van der Waals surface area contributed by atoms with Gasteiger partial charge >= 0.3 is 12.2 Å². The number of anilines is 1. The molecule has 0 bridgehead atoms. The van der Waals surface area contributed by atoms with Crippen molar-refractivity contribution in [3.8, 4) is 0 Å². The van der Waals surface area contributed by atoms with E-state index in [1.54, 1.807) is 38.2 Å². The van der Waals surface area contributed by atoms with Gasteiger partial charge in [0.1, 0.15) is 11.2 Å². The van der Waals surface area contributed by atoms with Crippen molar-refractivity contribution in [3.05, 3.63) is 23.2 Å². The molecule has 7 nitrogen and oxygen atoms in total. The van der Waals surface area contributed by atoms with E-state index in [2.05, 4.69) is 4.98 Å². The van der Waals surface area contributed by atoms with E-state index in [-0.39, 0.29) is 0 Å². The van der Waals surface area contributed by atoms with E-state index in [4.69, 9.17) is 9.47 Å². The minimum absolute atomic E-state index is 0.344. The highest BCUT2D eigenvalue weighted by atomic mass is 32.1. The molecule has 0 N–H and O–H groups in total. The topological polar surface area (TPSA) is 72.0 Å². The number of rotatable bonds is 3. The number of fused-ring (bicyclic) bond motifs is 1. The molecule has 30 heavy (non-hydrogen) atoms. The average Bonchev–Trinajstić information content (AvgIpc) is 3.30. The fourth-order valence-corrected chi connectivity index (χ4v) is 3.77. The van der Waals surface area contributed by atoms with Crippen LogP contribution in [-0.2, 0) is 9.47 Å². The Hall–Kier alpha value is -2.35. The van der Waals surface area contributed by atoms with Crippen LogP contribution in [0.25, 0.3) is 10.2 Å². The fraction of sp³-hybridized carbons (Fsp3) is 0.591. The summed E-state index contributed by atoms with van der Waals surface area (Å²) in [6.45, 7) is 13.2. The molecular formula is C22H31N3O4S. The third kappa shape index (κ3) is 5.84. The maximum atomic E-state index is 13.3. The predicted molar refractivity (Wildman–Crippen MR) is 119 cm³/mol. The molecule has 1 heterocycles. The molecule has 0 spiro atoms. The Morgan fingerprint density at radius 2 is 1.67 bits per heavy atom. The molecule has 1 saturated carbocycles.